The first kappa shape index (κ1) is 8.85. The standard InChI is InChI=1S/C11H9NO2S/c13-15(14)7-5-9-8-2-1-6-12-10(8)3-4-11(9)15/h1-4,6H,5,7H2. The number of sulfone groups is 1. The highest BCUT2D eigenvalue weighted by atomic mass is 32.2. The Bertz CT molecular complexity index is 647. The van der Waals surface area contributed by atoms with Crippen molar-refractivity contribution >= 4 is 20.7 Å². The molecule has 0 atom stereocenters. The second-order valence-electron chi connectivity index (χ2n) is 3.68. The van der Waals surface area contributed by atoms with Gasteiger partial charge in [-0.05, 0) is 30.2 Å². The number of pyridine rings is 1. The Morgan fingerprint density at radius 2 is 2.07 bits per heavy atom. The van der Waals surface area contributed by atoms with Crippen LogP contribution in [0.25, 0.3) is 10.9 Å². The van der Waals surface area contributed by atoms with Crippen molar-refractivity contribution in [1.29, 1.82) is 0 Å². The molecule has 0 radical (unpaired) electrons. The molecule has 0 N–H and O–H groups in total. The highest BCUT2D eigenvalue weighted by molar-refractivity contribution is 7.91. The lowest BCUT2D eigenvalue weighted by Gasteiger charge is -2.02. The van der Waals surface area contributed by atoms with Crippen LogP contribution in [0.15, 0.2) is 35.4 Å². The van der Waals surface area contributed by atoms with E-state index in [1.807, 2.05) is 12.1 Å². The van der Waals surface area contributed by atoms with Crippen LogP contribution in [0.5, 0.6) is 0 Å². The van der Waals surface area contributed by atoms with Crippen LogP contribution in [-0.4, -0.2) is 19.2 Å². The molecule has 3 nitrogen and oxygen atoms in total. The third-order valence-electron chi connectivity index (χ3n) is 2.81. The van der Waals surface area contributed by atoms with Gasteiger partial charge in [0.25, 0.3) is 0 Å². The predicted molar refractivity (Wildman–Crippen MR) is 57.5 cm³/mol. The van der Waals surface area contributed by atoms with Crippen molar-refractivity contribution in [2.75, 3.05) is 5.75 Å². The number of fused-ring (bicyclic) bond motifs is 3. The first-order chi connectivity index (χ1) is 7.18. The zero-order valence-corrected chi connectivity index (χ0v) is 8.79. The molecule has 4 heteroatoms. The van der Waals surface area contributed by atoms with Crippen molar-refractivity contribution in [2.45, 2.75) is 11.3 Å². The molecule has 2 heterocycles. The van der Waals surface area contributed by atoms with Gasteiger partial charge in [-0.3, -0.25) is 4.98 Å². The SMILES string of the molecule is O=S1(=O)CCc2c1ccc1ncccc21. The van der Waals surface area contributed by atoms with Gasteiger partial charge in [0.1, 0.15) is 0 Å². The molecule has 2 aromatic rings. The minimum absolute atomic E-state index is 0.232. The molecule has 15 heavy (non-hydrogen) atoms. The molecule has 0 fully saturated rings. The maximum Gasteiger partial charge on any atom is 0.179 e. The summed E-state index contributed by atoms with van der Waals surface area (Å²) in [6.45, 7) is 0. The molecular formula is C11H9NO2S. The highest BCUT2D eigenvalue weighted by Gasteiger charge is 2.27. The summed E-state index contributed by atoms with van der Waals surface area (Å²) >= 11 is 0. The fraction of sp³-hybridized carbons (Fsp3) is 0.182. The molecule has 0 aliphatic carbocycles. The van der Waals surface area contributed by atoms with Gasteiger partial charge in [-0.15, -0.1) is 0 Å². The van der Waals surface area contributed by atoms with Gasteiger partial charge >= 0.3 is 0 Å². The van der Waals surface area contributed by atoms with Crippen LogP contribution >= 0.6 is 0 Å². The van der Waals surface area contributed by atoms with Crippen LogP contribution < -0.4 is 0 Å². The lowest BCUT2D eigenvalue weighted by atomic mass is 10.1. The van der Waals surface area contributed by atoms with Gasteiger partial charge in [-0.25, -0.2) is 8.42 Å². The van der Waals surface area contributed by atoms with Crippen LogP contribution in [0.4, 0.5) is 0 Å². The van der Waals surface area contributed by atoms with Crippen molar-refractivity contribution in [3.05, 3.63) is 36.0 Å². The van der Waals surface area contributed by atoms with E-state index >= 15 is 0 Å². The second kappa shape index (κ2) is 2.79. The van der Waals surface area contributed by atoms with Gasteiger partial charge in [-0.1, -0.05) is 6.07 Å². The minimum Gasteiger partial charge on any atom is -0.256 e. The first-order valence-electron chi connectivity index (χ1n) is 4.78. The molecule has 76 valence electrons. The van der Waals surface area contributed by atoms with Gasteiger partial charge in [-0.2, -0.15) is 0 Å². The highest BCUT2D eigenvalue weighted by Crippen LogP contribution is 2.31. The summed E-state index contributed by atoms with van der Waals surface area (Å²) in [5.74, 6) is 0.232. The average molecular weight is 219 g/mol. The monoisotopic (exact) mass is 219 g/mol. The topological polar surface area (TPSA) is 47.0 Å². The molecule has 1 aliphatic heterocycles. The van der Waals surface area contributed by atoms with E-state index in [-0.39, 0.29) is 5.75 Å². The first-order valence-corrected chi connectivity index (χ1v) is 6.43. The van der Waals surface area contributed by atoms with Crippen LogP contribution in [0.3, 0.4) is 0 Å². The summed E-state index contributed by atoms with van der Waals surface area (Å²) in [7, 11) is -3.02. The molecular weight excluding hydrogens is 210 g/mol. The summed E-state index contributed by atoms with van der Waals surface area (Å²) in [5, 5.41) is 0.969. The normalized spacial score (nSPS) is 17.9. The van der Waals surface area contributed by atoms with Crippen molar-refractivity contribution in [3.63, 3.8) is 0 Å². The molecule has 0 unspecified atom stereocenters. The summed E-state index contributed by atoms with van der Waals surface area (Å²) in [6, 6.07) is 7.22. The lowest BCUT2D eigenvalue weighted by molar-refractivity contribution is 0.600. The summed E-state index contributed by atoms with van der Waals surface area (Å²) < 4.78 is 23.4. The van der Waals surface area contributed by atoms with E-state index in [0.717, 1.165) is 16.5 Å². The number of hydrogen-bond acceptors (Lipinski definition) is 3. The Morgan fingerprint density at radius 1 is 1.20 bits per heavy atom. The van der Waals surface area contributed by atoms with Gasteiger partial charge in [0, 0.05) is 11.6 Å². The summed E-state index contributed by atoms with van der Waals surface area (Å²) in [4.78, 5) is 4.70. The summed E-state index contributed by atoms with van der Waals surface area (Å²) in [5.41, 5.74) is 1.80. The molecule has 0 saturated heterocycles. The number of rotatable bonds is 0. The van der Waals surface area contributed by atoms with Crippen molar-refractivity contribution in [2.24, 2.45) is 0 Å². The quantitative estimate of drug-likeness (QED) is 0.675. The maximum absolute atomic E-state index is 11.7. The Labute approximate surface area is 87.7 Å². The summed E-state index contributed by atoms with van der Waals surface area (Å²) in [6.07, 6.45) is 2.33. The fourth-order valence-electron chi connectivity index (χ4n) is 2.09. The van der Waals surface area contributed by atoms with E-state index < -0.39 is 9.84 Å². The number of nitrogens with zero attached hydrogens (tertiary/aromatic N) is 1. The van der Waals surface area contributed by atoms with Crippen LogP contribution in [0.1, 0.15) is 5.56 Å². The third kappa shape index (κ3) is 1.18. The van der Waals surface area contributed by atoms with Gasteiger partial charge in [0.05, 0.1) is 16.2 Å². The Kier molecular flexibility index (Phi) is 1.65. The Balaban J connectivity index is 2.48. The smallest absolute Gasteiger partial charge is 0.179 e. The fourth-order valence-corrected chi connectivity index (χ4v) is 3.64. The van der Waals surface area contributed by atoms with E-state index in [0.29, 0.717) is 11.3 Å². The molecule has 0 bridgehead atoms. The van der Waals surface area contributed by atoms with Crippen LogP contribution in [0, 0.1) is 0 Å². The molecule has 0 amide bonds. The molecule has 0 saturated carbocycles. The van der Waals surface area contributed by atoms with E-state index in [4.69, 9.17) is 0 Å². The van der Waals surface area contributed by atoms with Gasteiger partial charge in [0.15, 0.2) is 9.84 Å². The molecule has 1 aromatic carbocycles. The van der Waals surface area contributed by atoms with Gasteiger partial charge < -0.3 is 0 Å². The maximum atomic E-state index is 11.7. The molecule has 1 aliphatic rings. The van der Waals surface area contributed by atoms with Crippen molar-refractivity contribution in [1.82, 2.24) is 4.98 Å². The number of hydrogen-bond donors (Lipinski definition) is 0. The zero-order valence-electron chi connectivity index (χ0n) is 7.97. The number of benzene rings is 1. The molecule has 0 spiro atoms. The Morgan fingerprint density at radius 3 is 2.93 bits per heavy atom. The van der Waals surface area contributed by atoms with Gasteiger partial charge in [0.2, 0.25) is 0 Å². The van der Waals surface area contributed by atoms with Crippen LogP contribution in [-0.2, 0) is 16.3 Å². The third-order valence-corrected chi connectivity index (χ3v) is 4.60. The zero-order chi connectivity index (χ0) is 10.5. The van der Waals surface area contributed by atoms with E-state index in [1.54, 1.807) is 18.3 Å². The predicted octanol–water partition coefficient (Wildman–Crippen LogP) is 1.56. The lowest BCUT2D eigenvalue weighted by Crippen LogP contribution is -1.98. The largest absolute Gasteiger partial charge is 0.256 e. The Hall–Kier alpha value is -1.42. The van der Waals surface area contributed by atoms with Crippen molar-refractivity contribution in [3.8, 4) is 0 Å². The van der Waals surface area contributed by atoms with E-state index in [2.05, 4.69) is 4.98 Å². The average Bonchev–Trinajstić information content (AvgIpc) is 2.55. The number of aryl methyl sites for hydroxylation is 1. The van der Waals surface area contributed by atoms with Crippen LogP contribution in [0.2, 0.25) is 0 Å². The van der Waals surface area contributed by atoms with E-state index in [9.17, 15) is 8.42 Å². The second-order valence-corrected chi connectivity index (χ2v) is 5.76. The minimum atomic E-state index is -3.02. The van der Waals surface area contributed by atoms with Crippen molar-refractivity contribution < 1.29 is 8.42 Å². The molecule has 1 aromatic heterocycles. The van der Waals surface area contributed by atoms with E-state index in [1.165, 1.54) is 0 Å². The molecule has 3 rings (SSSR count). The number of aromatic nitrogens is 1.